The number of ether oxygens (including phenoxy) is 4. The van der Waals surface area contributed by atoms with Crippen LogP contribution in [0.3, 0.4) is 0 Å². The number of amides is 1. The average molecular weight is 666 g/mol. The minimum Gasteiger partial charge on any atom is -0.493 e. The second-order valence-corrected chi connectivity index (χ2v) is 11.4. The third-order valence-corrected chi connectivity index (χ3v) is 7.86. The van der Waals surface area contributed by atoms with Gasteiger partial charge in [0.1, 0.15) is 13.2 Å². The number of thioether (sulfide) groups is 1. The first-order chi connectivity index (χ1) is 20.4. The molecule has 1 N–H and O–H groups in total. The Morgan fingerprint density at radius 3 is 2.33 bits per heavy atom. The fourth-order valence-corrected chi connectivity index (χ4v) is 5.58. The fraction of sp³-hybridized carbons (Fsp3) is 0.125. The lowest BCUT2D eigenvalue weighted by Crippen LogP contribution is -2.19. The Hall–Kier alpha value is -3.92. The molecule has 10 heteroatoms. The van der Waals surface area contributed by atoms with Gasteiger partial charge in [-0.3, -0.25) is 4.79 Å². The number of halogens is 2. The number of hydrogen-bond acceptors (Lipinski definition) is 7. The van der Waals surface area contributed by atoms with E-state index in [0.29, 0.717) is 54.9 Å². The number of rotatable bonds is 10. The smallest absolute Gasteiger partial charge is 0.264 e. The molecule has 214 valence electrons. The Labute approximate surface area is 261 Å². The molecule has 1 fully saturated rings. The van der Waals surface area contributed by atoms with E-state index in [4.69, 9.17) is 30.5 Å². The summed E-state index contributed by atoms with van der Waals surface area (Å²) >= 11 is 10.8. The van der Waals surface area contributed by atoms with Crippen molar-refractivity contribution in [2.24, 2.45) is 4.99 Å². The van der Waals surface area contributed by atoms with Gasteiger partial charge in [-0.25, -0.2) is 4.99 Å². The Morgan fingerprint density at radius 2 is 1.60 bits per heavy atom. The normalized spacial score (nSPS) is 14.6. The Kier molecular flexibility index (Phi) is 9.74. The minimum absolute atomic E-state index is 0.228. The first-order valence-electron chi connectivity index (χ1n) is 12.8. The summed E-state index contributed by atoms with van der Waals surface area (Å²) in [6.45, 7) is 0.712. The molecule has 0 aliphatic carbocycles. The van der Waals surface area contributed by atoms with Gasteiger partial charge >= 0.3 is 0 Å². The highest BCUT2D eigenvalue weighted by Crippen LogP contribution is 2.39. The highest BCUT2D eigenvalue weighted by molar-refractivity contribution is 9.10. The van der Waals surface area contributed by atoms with Crippen LogP contribution in [0.4, 0.5) is 5.69 Å². The summed E-state index contributed by atoms with van der Waals surface area (Å²) in [5.74, 6) is 2.09. The van der Waals surface area contributed by atoms with E-state index in [9.17, 15) is 4.79 Å². The van der Waals surface area contributed by atoms with Crippen molar-refractivity contribution in [2.45, 2.75) is 13.2 Å². The molecule has 1 saturated heterocycles. The fourth-order valence-electron chi connectivity index (χ4n) is 4.04. The van der Waals surface area contributed by atoms with E-state index < -0.39 is 0 Å². The molecule has 5 rings (SSSR count). The predicted molar refractivity (Wildman–Crippen MR) is 171 cm³/mol. The van der Waals surface area contributed by atoms with Gasteiger partial charge in [-0.05, 0) is 99.0 Å². The molecule has 4 aromatic rings. The molecule has 7 nitrogen and oxygen atoms in total. The average Bonchev–Trinajstić information content (AvgIpc) is 3.34. The van der Waals surface area contributed by atoms with E-state index in [-0.39, 0.29) is 12.5 Å². The molecule has 1 aliphatic rings. The van der Waals surface area contributed by atoms with Crippen molar-refractivity contribution < 1.29 is 23.7 Å². The molecule has 0 aromatic heterocycles. The minimum atomic E-state index is -0.228. The molecule has 0 unspecified atom stereocenters. The van der Waals surface area contributed by atoms with Gasteiger partial charge in [-0.15, -0.1) is 0 Å². The standard InChI is InChI=1S/C32H26BrClN2O5S/c1-38-27-15-21(8-13-26(27)40-18-20-6-4-3-5-7-20)19-41-30-25(33)14-22(16-28(30)39-2)17-29-31(37)36-32(42-29)35-24-11-9-23(34)10-12-24/h3-17H,18-19H2,1-2H3,(H,35,36,37)/b29-17+. The zero-order chi connectivity index (χ0) is 29.5. The van der Waals surface area contributed by atoms with Gasteiger partial charge in [-0.2, -0.15) is 0 Å². The lowest BCUT2D eigenvalue weighted by molar-refractivity contribution is -0.115. The van der Waals surface area contributed by atoms with Crippen LogP contribution in [0.1, 0.15) is 16.7 Å². The number of amidine groups is 1. The van der Waals surface area contributed by atoms with Gasteiger partial charge in [0.05, 0.1) is 29.3 Å². The van der Waals surface area contributed by atoms with Crippen molar-refractivity contribution in [2.75, 3.05) is 14.2 Å². The van der Waals surface area contributed by atoms with E-state index in [0.717, 1.165) is 16.7 Å². The van der Waals surface area contributed by atoms with Crippen LogP contribution in [0.2, 0.25) is 5.02 Å². The number of carbonyl (C=O) groups excluding carboxylic acids is 1. The van der Waals surface area contributed by atoms with Gasteiger partial charge in [0.2, 0.25) is 0 Å². The van der Waals surface area contributed by atoms with E-state index in [1.54, 1.807) is 44.6 Å². The Bertz CT molecular complexity index is 1650. The molecular formula is C32H26BrClN2O5S. The van der Waals surface area contributed by atoms with Crippen LogP contribution in [-0.2, 0) is 18.0 Å². The maximum absolute atomic E-state index is 12.6. The summed E-state index contributed by atoms with van der Waals surface area (Å²) in [5.41, 5.74) is 3.42. The predicted octanol–water partition coefficient (Wildman–Crippen LogP) is 8.17. The maximum atomic E-state index is 12.6. The number of aliphatic imine (C=N–C) groups is 1. The molecule has 0 radical (unpaired) electrons. The van der Waals surface area contributed by atoms with Crippen molar-refractivity contribution in [3.8, 4) is 23.0 Å². The quantitative estimate of drug-likeness (QED) is 0.172. The van der Waals surface area contributed by atoms with Crippen LogP contribution in [0.15, 0.2) is 99.3 Å². The molecule has 1 amide bonds. The van der Waals surface area contributed by atoms with Crippen molar-refractivity contribution in [1.82, 2.24) is 5.32 Å². The van der Waals surface area contributed by atoms with Crippen LogP contribution >= 0.6 is 39.3 Å². The highest BCUT2D eigenvalue weighted by atomic mass is 79.9. The van der Waals surface area contributed by atoms with Gasteiger partial charge in [-0.1, -0.05) is 48.0 Å². The van der Waals surface area contributed by atoms with Crippen molar-refractivity contribution in [1.29, 1.82) is 0 Å². The number of nitrogens with zero attached hydrogens (tertiary/aromatic N) is 1. The number of methoxy groups -OCH3 is 2. The van der Waals surface area contributed by atoms with Crippen molar-refractivity contribution >= 4 is 62.1 Å². The number of carbonyl (C=O) groups is 1. The molecule has 4 aromatic carbocycles. The second-order valence-electron chi connectivity index (χ2n) is 9.04. The summed E-state index contributed by atoms with van der Waals surface area (Å²) in [6, 6.07) is 26.4. The first kappa shape index (κ1) is 29.6. The molecule has 0 bridgehead atoms. The summed E-state index contributed by atoms with van der Waals surface area (Å²) in [7, 11) is 3.18. The largest absolute Gasteiger partial charge is 0.493 e. The van der Waals surface area contributed by atoms with E-state index in [1.807, 2.05) is 60.7 Å². The number of hydrogen-bond donors (Lipinski definition) is 1. The van der Waals surface area contributed by atoms with Crippen LogP contribution in [0.25, 0.3) is 6.08 Å². The summed E-state index contributed by atoms with van der Waals surface area (Å²) in [5, 5.41) is 3.91. The maximum Gasteiger partial charge on any atom is 0.264 e. The Balaban J connectivity index is 1.27. The first-order valence-corrected chi connectivity index (χ1v) is 14.8. The topological polar surface area (TPSA) is 78.4 Å². The molecule has 0 saturated carbocycles. The lowest BCUT2D eigenvalue weighted by Gasteiger charge is -2.15. The summed E-state index contributed by atoms with van der Waals surface area (Å²) < 4.78 is 24.0. The van der Waals surface area contributed by atoms with Gasteiger partial charge in [0.25, 0.3) is 5.91 Å². The van der Waals surface area contributed by atoms with Gasteiger partial charge in [0, 0.05) is 5.02 Å². The lowest BCUT2D eigenvalue weighted by atomic mass is 10.1. The monoisotopic (exact) mass is 664 g/mol. The van der Waals surface area contributed by atoms with Crippen molar-refractivity contribution in [3.63, 3.8) is 0 Å². The van der Waals surface area contributed by atoms with Crippen LogP contribution < -0.4 is 24.3 Å². The zero-order valence-electron chi connectivity index (χ0n) is 22.7. The molecule has 1 aliphatic heterocycles. The molecule has 42 heavy (non-hydrogen) atoms. The van der Waals surface area contributed by atoms with E-state index in [2.05, 4.69) is 26.2 Å². The highest BCUT2D eigenvalue weighted by Gasteiger charge is 2.24. The van der Waals surface area contributed by atoms with Crippen LogP contribution in [0.5, 0.6) is 23.0 Å². The number of benzene rings is 4. The molecule has 0 spiro atoms. The Morgan fingerprint density at radius 1 is 0.857 bits per heavy atom. The number of nitrogens with one attached hydrogen (secondary N) is 1. The van der Waals surface area contributed by atoms with E-state index >= 15 is 0 Å². The summed E-state index contributed by atoms with van der Waals surface area (Å²) in [6.07, 6.45) is 1.78. The van der Waals surface area contributed by atoms with Crippen LogP contribution in [-0.4, -0.2) is 25.3 Å². The van der Waals surface area contributed by atoms with Gasteiger partial charge in [0.15, 0.2) is 28.2 Å². The second kappa shape index (κ2) is 13.8. The third kappa shape index (κ3) is 7.47. The SMILES string of the molecule is COc1cc(COc2c(Br)cc(/C=C3/SC(=Nc4ccc(Cl)cc4)NC3=O)cc2OC)ccc1OCc1ccccc1. The van der Waals surface area contributed by atoms with Crippen molar-refractivity contribution in [3.05, 3.63) is 116 Å². The third-order valence-electron chi connectivity index (χ3n) is 6.11. The van der Waals surface area contributed by atoms with E-state index in [1.165, 1.54) is 11.8 Å². The van der Waals surface area contributed by atoms with Gasteiger partial charge < -0.3 is 24.3 Å². The zero-order valence-corrected chi connectivity index (χ0v) is 25.9. The molecule has 1 heterocycles. The van der Waals surface area contributed by atoms with Crippen LogP contribution in [0, 0.1) is 0 Å². The molecule has 0 atom stereocenters. The molecular weight excluding hydrogens is 640 g/mol. The summed E-state index contributed by atoms with van der Waals surface area (Å²) in [4.78, 5) is 17.6.